The van der Waals surface area contributed by atoms with Gasteiger partial charge < -0.3 is 24.8 Å². The molecule has 5 atom stereocenters. The van der Waals surface area contributed by atoms with E-state index in [0.717, 1.165) is 50.8 Å². The number of nitrogens with zero attached hydrogens (tertiary/aromatic N) is 5. The van der Waals surface area contributed by atoms with E-state index in [9.17, 15) is 18.3 Å². The van der Waals surface area contributed by atoms with Crippen LogP contribution in [0.2, 0.25) is 0 Å². The molecule has 5 aliphatic rings. The van der Waals surface area contributed by atoms with Crippen molar-refractivity contribution in [3.05, 3.63) is 47.2 Å². The number of aromatic nitrogens is 3. The monoisotopic (exact) mass is 725 g/mol. The van der Waals surface area contributed by atoms with Gasteiger partial charge in [0.05, 0.1) is 17.7 Å². The number of ether oxygens (including phenoxy) is 2. The minimum Gasteiger partial charge on any atom is -0.508 e. The minimum absolute atomic E-state index is 0.00845. The van der Waals surface area contributed by atoms with Gasteiger partial charge in [-0.2, -0.15) is 32.1 Å². The predicted octanol–water partition coefficient (Wildman–Crippen LogP) is 5.78. The normalized spacial score (nSPS) is 27.0. The van der Waals surface area contributed by atoms with Gasteiger partial charge in [-0.05, 0) is 87.6 Å². The van der Waals surface area contributed by atoms with Crippen molar-refractivity contribution in [2.75, 3.05) is 37.8 Å². The van der Waals surface area contributed by atoms with Crippen LogP contribution in [0.25, 0.3) is 32.9 Å². The molecule has 0 unspecified atom stereocenters. The lowest BCUT2D eigenvalue weighted by molar-refractivity contribution is -0.667. The fourth-order valence-electron chi connectivity index (χ4n) is 10.1. The van der Waals surface area contributed by atoms with Crippen molar-refractivity contribution in [1.82, 2.24) is 20.2 Å². The SMILES string of the molecule is Cc1c(F)ccc2cc(O)cc(-c3c(F)c4nc(OC[C@@]56CCCN5[C@H](COCC(F)(F)F)CC6)nc5c4c([n+]3C)CC[C@@H]3[C@@H]4CC[C@H](CN53)N4)c12. The Balaban J connectivity index is 1.16. The highest BCUT2D eigenvalue weighted by Gasteiger charge is 2.50. The first-order chi connectivity index (χ1) is 24.9. The molecular formula is C38H42F5N6O3+. The Hall–Kier alpha value is -3.88. The molecule has 14 heteroatoms. The average molecular weight is 726 g/mol. The smallest absolute Gasteiger partial charge is 0.411 e. The number of alkyl halides is 3. The highest BCUT2D eigenvalue weighted by molar-refractivity contribution is 6.01. The summed E-state index contributed by atoms with van der Waals surface area (Å²) < 4.78 is 84.3. The largest absolute Gasteiger partial charge is 0.508 e. The number of hydrogen-bond acceptors (Lipinski definition) is 8. The van der Waals surface area contributed by atoms with E-state index in [1.165, 1.54) is 12.1 Å². The summed E-state index contributed by atoms with van der Waals surface area (Å²) in [5.41, 5.74) is 1.44. The van der Waals surface area contributed by atoms with Crippen molar-refractivity contribution in [1.29, 1.82) is 0 Å². The number of fused-ring (bicyclic) bond motifs is 7. The highest BCUT2D eigenvalue weighted by atomic mass is 19.4. The van der Waals surface area contributed by atoms with Crippen molar-refractivity contribution in [3.8, 4) is 23.0 Å². The number of aromatic hydroxyl groups is 1. The first-order valence-electron chi connectivity index (χ1n) is 18.3. The van der Waals surface area contributed by atoms with Crippen molar-refractivity contribution >= 4 is 27.5 Å². The Morgan fingerprint density at radius 2 is 1.92 bits per heavy atom. The minimum atomic E-state index is -4.38. The van der Waals surface area contributed by atoms with Gasteiger partial charge in [-0.25, -0.2) is 4.39 Å². The van der Waals surface area contributed by atoms with E-state index in [-0.39, 0.29) is 60.4 Å². The molecule has 9 nitrogen and oxygen atoms in total. The lowest BCUT2D eigenvalue weighted by Gasteiger charge is -2.41. The zero-order chi connectivity index (χ0) is 36.1. The maximum absolute atomic E-state index is 17.5. The van der Waals surface area contributed by atoms with Gasteiger partial charge in [0.1, 0.15) is 42.7 Å². The number of rotatable bonds is 7. The summed E-state index contributed by atoms with van der Waals surface area (Å²) in [6, 6.07) is 6.52. The van der Waals surface area contributed by atoms with Crippen LogP contribution in [0.3, 0.4) is 0 Å². The van der Waals surface area contributed by atoms with Gasteiger partial charge in [0, 0.05) is 42.5 Å². The molecule has 0 aliphatic carbocycles. The number of hydrogen-bond donors (Lipinski definition) is 2. The second-order valence-electron chi connectivity index (χ2n) is 15.4. The van der Waals surface area contributed by atoms with Crippen LogP contribution in [0.1, 0.15) is 56.2 Å². The second kappa shape index (κ2) is 12.3. The fraction of sp³-hybridized carbons (Fsp3) is 0.553. The van der Waals surface area contributed by atoms with Crippen LogP contribution in [-0.4, -0.2) is 88.8 Å². The summed E-state index contributed by atoms with van der Waals surface area (Å²) in [4.78, 5) is 14.3. The summed E-state index contributed by atoms with van der Waals surface area (Å²) >= 11 is 0. The van der Waals surface area contributed by atoms with E-state index in [2.05, 4.69) is 15.1 Å². The van der Waals surface area contributed by atoms with E-state index in [4.69, 9.17) is 19.4 Å². The van der Waals surface area contributed by atoms with Crippen molar-refractivity contribution < 1.29 is 41.1 Å². The summed E-state index contributed by atoms with van der Waals surface area (Å²) in [7, 11) is 1.81. The Kier molecular flexibility index (Phi) is 8.05. The molecule has 276 valence electrons. The van der Waals surface area contributed by atoms with Crippen LogP contribution in [0.5, 0.6) is 11.8 Å². The highest BCUT2D eigenvalue weighted by Crippen LogP contribution is 2.45. The van der Waals surface area contributed by atoms with E-state index in [1.54, 1.807) is 19.1 Å². The molecule has 2 N–H and O–H groups in total. The number of pyridine rings is 1. The molecule has 0 amide bonds. The van der Waals surface area contributed by atoms with Crippen LogP contribution in [0.4, 0.5) is 27.8 Å². The Morgan fingerprint density at radius 3 is 2.75 bits per heavy atom. The van der Waals surface area contributed by atoms with Crippen LogP contribution in [0, 0.1) is 18.6 Å². The molecule has 52 heavy (non-hydrogen) atoms. The van der Waals surface area contributed by atoms with E-state index < -0.39 is 30.0 Å². The van der Waals surface area contributed by atoms with Gasteiger partial charge in [-0.15, -0.1) is 0 Å². The van der Waals surface area contributed by atoms with E-state index in [1.807, 2.05) is 11.6 Å². The van der Waals surface area contributed by atoms with Crippen molar-refractivity contribution in [2.24, 2.45) is 7.05 Å². The number of piperazine rings is 1. The molecular weight excluding hydrogens is 683 g/mol. The Morgan fingerprint density at radius 1 is 1.08 bits per heavy atom. The summed E-state index contributed by atoms with van der Waals surface area (Å²) in [5.74, 6) is -0.483. The van der Waals surface area contributed by atoms with Gasteiger partial charge in [-0.1, -0.05) is 6.07 Å². The zero-order valence-electron chi connectivity index (χ0n) is 29.2. The summed E-state index contributed by atoms with van der Waals surface area (Å²) in [5, 5.41) is 16.3. The third kappa shape index (κ3) is 5.46. The van der Waals surface area contributed by atoms with E-state index >= 15 is 8.78 Å². The molecule has 0 radical (unpaired) electrons. The third-order valence-electron chi connectivity index (χ3n) is 12.5. The lowest BCUT2D eigenvalue weighted by Crippen LogP contribution is -2.58. The number of benzene rings is 2. The predicted molar refractivity (Wildman–Crippen MR) is 183 cm³/mol. The second-order valence-corrected chi connectivity index (χ2v) is 15.4. The first-order valence-corrected chi connectivity index (χ1v) is 18.3. The molecule has 9 rings (SSSR count). The number of phenols is 1. The lowest BCUT2D eigenvalue weighted by atomic mass is 9.95. The number of phenolic OH excluding ortho intramolecular Hbond substituents is 1. The topological polar surface area (TPSA) is 86.9 Å². The van der Waals surface area contributed by atoms with Crippen LogP contribution < -0.4 is 19.5 Å². The molecule has 5 aliphatic heterocycles. The van der Waals surface area contributed by atoms with Gasteiger partial charge in [-0.3, -0.25) is 4.90 Å². The van der Waals surface area contributed by atoms with Crippen molar-refractivity contribution in [2.45, 2.75) is 94.2 Å². The van der Waals surface area contributed by atoms with Gasteiger partial charge in [0.2, 0.25) is 5.82 Å². The van der Waals surface area contributed by atoms with Gasteiger partial charge in [0.15, 0.2) is 11.5 Å². The fourth-order valence-corrected chi connectivity index (χ4v) is 10.1. The zero-order valence-corrected chi connectivity index (χ0v) is 29.2. The molecule has 4 aromatic rings. The maximum Gasteiger partial charge on any atom is 0.411 e. The number of aryl methyl sites for hydroxylation is 2. The molecule has 4 saturated heterocycles. The Labute approximate surface area is 297 Å². The van der Waals surface area contributed by atoms with Crippen LogP contribution in [-0.2, 0) is 18.2 Å². The quantitative estimate of drug-likeness (QED) is 0.184. The number of nitrogens with one attached hydrogen (secondary N) is 1. The standard InChI is InChI=1S/C38H41F5N6O3/c1-20-26(39)6-4-21-14-24(50)15-25(30(20)21)34-32(40)33-31-29(47(34)2)9-8-28-27-7-5-22(44-27)16-48(28)35(31)46-36(45-33)52-18-37-11-3-13-49(37)23(10-12-37)17-51-19-38(41,42)43/h4,6,14-15,22-23,27-28,44H,3,5,7-13,16-19H2,1-2H3/p+1/t22-,23+,27+,28-,37+/m1/s1. The average Bonchev–Trinajstić information content (AvgIpc) is 3.76. The molecule has 2 bridgehead atoms. The van der Waals surface area contributed by atoms with Crippen LogP contribution >= 0.6 is 0 Å². The van der Waals surface area contributed by atoms with Gasteiger partial charge in [0.25, 0.3) is 5.69 Å². The molecule has 2 aromatic heterocycles. The molecule has 0 spiro atoms. The van der Waals surface area contributed by atoms with E-state index in [0.29, 0.717) is 52.5 Å². The molecule has 7 heterocycles. The number of halogens is 5. The number of anilines is 1. The third-order valence-corrected chi connectivity index (χ3v) is 12.5. The van der Waals surface area contributed by atoms with Gasteiger partial charge >= 0.3 is 12.2 Å². The molecule has 0 saturated carbocycles. The molecule has 2 aromatic carbocycles. The maximum atomic E-state index is 17.5. The summed E-state index contributed by atoms with van der Waals surface area (Å²) in [6.07, 6.45) is 2.25. The van der Waals surface area contributed by atoms with Crippen LogP contribution in [0.15, 0.2) is 24.3 Å². The first kappa shape index (κ1) is 33.9. The Bertz CT molecular complexity index is 2100. The van der Waals surface area contributed by atoms with Crippen molar-refractivity contribution in [3.63, 3.8) is 0 Å². The molecule has 4 fully saturated rings. The summed E-state index contributed by atoms with van der Waals surface area (Å²) in [6.45, 7) is 2.02.